The van der Waals surface area contributed by atoms with Crippen molar-refractivity contribution >= 4 is 33.2 Å². The van der Waals surface area contributed by atoms with Crippen LogP contribution in [0.2, 0.25) is 0 Å². The third-order valence-electron chi connectivity index (χ3n) is 11.6. The second-order valence-electron chi connectivity index (χ2n) is 14.5. The molecule has 6 bridgehead atoms. The van der Waals surface area contributed by atoms with E-state index in [0.29, 0.717) is 43.7 Å². The van der Waals surface area contributed by atoms with Crippen LogP contribution in [0.5, 0.6) is 5.75 Å². The minimum atomic E-state index is -2.20. The molecule has 2 spiro atoms. The van der Waals surface area contributed by atoms with Crippen LogP contribution in [-0.2, 0) is 4.74 Å². The summed E-state index contributed by atoms with van der Waals surface area (Å²) >= 11 is 0. The van der Waals surface area contributed by atoms with E-state index in [4.69, 9.17) is 9.47 Å². The van der Waals surface area contributed by atoms with Gasteiger partial charge in [-0.3, -0.25) is 9.59 Å². The Morgan fingerprint density at radius 2 is 1.84 bits per heavy atom. The molecule has 1 aromatic rings. The minimum absolute atomic E-state index is 0.0474. The number of ether oxygens (including phenoxy) is 2. The predicted molar refractivity (Wildman–Crippen MR) is 192 cm³/mol. The van der Waals surface area contributed by atoms with Crippen molar-refractivity contribution in [2.75, 3.05) is 25.6 Å². The van der Waals surface area contributed by atoms with E-state index in [1.54, 1.807) is 19.1 Å². The Hall–Kier alpha value is -2.82. The number of hydrogen-bond donors (Lipinski definition) is 8. The van der Waals surface area contributed by atoms with Crippen molar-refractivity contribution < 1.29 is 49.7 Å². The molecule has 0 amide bonds. The van der Waals surface area contributed by atoms with Crippen molar-refractivity contribution in [3.05, 3.63) is 76.4 Å². The molecule has 12 nitrogen and oxygen atoms in total. The number of aliphatic hydroxyl groups excluding tert-OH is 5. The predicted octanol–water partition coefficient (Wildman–Crippen LogP) is 3.02. The van der Waals surface area contributed by atoms with Crippen molar-refractivity contribution in [3.63, 3.8) is 0 Å². The highest BCUT2D eigenvalue weighted by Crippen LogP contribution is 2.58. The lowest BCUT2D eigenvalue weighted by atomic mass is 9.57. The molecule has 3 heterocycles. The normalized spacial score (nSPS) is 36.2. The summed E-state index contributed by atoms with van der Waals surface area (Å²) in [6, 6.07) is 4.54. The number of allylic oxidation sites excluding steroid dienone is 6. The van der Waals surface area contributed by atoms with Gasteiger partial charge in [-0.15, -0.1) is 0 Å². The molecule has 3 aliphatic carbocycles. The van der Waals surface area contributed by atoms with E-state index in [1.165, 1.54) is 39.8 Å². The maximum absolute atomic E-state index is 15.2. The van der Waals surface area contributed by atoms with Gasteiger partial charge in [0.1, 0.15) is 40.8 Å². The highest BCUT2D eigenvalue weighted by atomic mass is 33.1. The topological polar surface area (TPSA) is 198 Å². The summed E-state index contributed by atoms with van der Waals surface area (Å²) in [5, 5.41) is 74.0. The molecule has 1 saturated heterocycles. The van der Waals surface area contributed by atoms with Gasteiger partial charge in [0.15, 0.2) is 11.6 Å². The number of aliphatic hydroxyl groups is 6. The number of ketones is 2. The average Bonchev–Trinajstić information content (AvgIpc) is 3.60. The van der Waals surface area contributed by atoms with Gasteiger partial charge in [-0.2, -0.15) is 0 Å². The summed E-state index contributed by atoms with van der Waals surface area (Å²) < 4.78 is 12.2. The lowest BCUT2D eigenvalue weighted by molar-refractivity contribution is -0.319. The molecule has 14 heteroatoms. The first-order chi connectivity index (χ1) is 24.5. The van der Waals surface area contributed by atoms with Gasteiger partial charge in [0.2, 0.25) is 6.29 Å². The first kappa shape index (κ1) is 36.5. The minimum Gasteiger partial charge on any atom is -0.511 e. The van der Waals surface area contributed by atoms with Gasteiger partial charge < -0.3 is 50.7 Å². The van der Waals surface area contributed by atoms with E-state index in [1.807, 2.05) is 6.08 Å². The Labute approximate surface area is 304 Å². The summed E-state index contributed by atoms with van der Waals surface area (Å²) in [4.78, 5) is 29.7. The summed E-state index contributed by atoms with van der Waals surface area (Å²) in [6.07, 6.45) is 4.50. The lowest BCUT2D eigenvalue weighted by Gasteiger charge is -2.51. The van der Waals surface area contributed by atoms with Crippen molar-refractivity contribution in [2.24, 2.45) is 16.7 Å². The zero-order chi connectivity index (χ0) is 36.1. The molecule has 8 N–H and O–H groups in total. The molecule has 0 aromatic heterocycles. The fraction of sp³-hybridized carbons (Fsp3) is 0.568. The number of fused-ring (bicyclic) bond motifs is 4. The fourth-order valence-corrected chi connectivity index (χ4v) is 11.9. The molecule has 1 aromatic carbocycles. The Kier molecular flexibility index (Phi) is 10.2. The Morgan fingerprint density at radius 3 is 2.59 bits per heavy atom. The van der Waals surface area contributed by atoms with Crippen molar-refractivity contribution in [3.8, 4) is 5.75 Å². The summed E-state index contributed by atoms with van der Waals surface area (Å²) in [7, 11) is 2.81. The third-order valence-corrected chi connectivity index (χ3v) is 14.3. The number of nitrogens with one attached hydrogen (secondary N) is 2. The van der Waals surface area contributed by atoms with E-state index >= 15 is 4.79 Å². The van der Waals surface area contributed by atoms with Crippen LogP contribution in [0.4, 0.5) is 0 Å². The Balaban J connectivity index is 1.40. The SMILES string of the molecule is CC1=CC2C(=O)c3cccc4c3C(=O)C2(C(O)=C1)C(CCCO)SSCNC1=CC(=CCN1)C1(CCCC1)CC1(O)C(O)C(CO)OC(O4)C1O. The largest absolute Gasteiger partial charge is 0.511 e. The molecule has 0 radical (unpaired) electrons. The van der Waals surface area contributed by atoms with Crippen LogP contribution >= 0.6 is 21.6 Å². The average molecular weight is 743 g/mol. The number of benzene rings is 1. The summed E-state index contributed by atoms with van der Waals surface area (Å²) in [5.41, 5.74) is -2.98. The molecular weight excluding hydrogens is 697 g/mol. The smallest absolute Gasteiger partial charge is 0.229 e. The van der Waals surface area contributed by atoms with Crippen LogP contribution in [-0.4, -0.2) is 103 Å². The highest BCUT2D eigenvalue weighted by molar-refractivity contribution is 8.76. The van der Waals surface area contributed by atoms with Gasteiger partial charge in [-0.05, 0) is 68.2 Å². The van der Waals surface area contributed by atoms with Gasteiger partial charge in [0.25, 0.3) is 0 Å². The molecule has 6 aliphatic rings. The van der Waals surface area contributed by atoms with E-state index < -0.39 is 70.4 Å². The summed E-state index contributed by atoms with van der Waals surface area (Å²) in [5.74, 6) is -1.22. The number of carbonyl (C=O) groups is 2. The fourth-order valence-electron chi connectivity index (χ4n) is 9.09. The first-order valence-electron chi connectivity index (χ1n) is 17.6. The van der Waals surface area contributed by atoms with Gasteiger partial charge >= 0.3 is 0 Å². The first-order valence-corrected chi connectivity index (χ1v) is 20.0. The molecule has 8 atom stereocenters. The van der Waals surface area contributed by atoms with Gasteiger partial charge in [0.05, 0.1) is 29.8 Å². The van der Waals surface area contributed by atoms with Crippen LogP contribution in [0.1, 0.15) is 72.6 Å². The van der Waals surface area contributed by atoms with E-state index in [9.17, 15) is 35.4 Å². The highest BCUT2D eigenvalue weighted by Gasteiger charge is 2.63. The van der Waals surface area contributed by atoms with Crippen molar-refractivity contribution in [2.45, 2.75) is 87.3 Å². The molecule has 51 heavy (non-hydrogen) atoms. The third kappa shape index (κ3) is 5.95. The molecular formula is C37H46N2O10S2. The molecule has 1 saturated carbocycles. The molecule has 2 fully saturated rings. The quantitative estimate of drug-likeness (QED) is 0.210. The monoisotopic (exact) mass is 742 g/mol. The number of rotatable bonds is 4. The standard InChI is InChI=1S/C37H46N2O10S2/c1-20-14-23-30(43)22-6-4-7-24-29(22)32(45)37(23,26(42)15-20)27(8-5-13-40)51-50-19-39-28-16-21(9-12-38-28)35(10-2-3-11-35)18-36(47)31(44)25(17-41)49-34(48-24)33(36)46/h4,6-7,9,14-16,23,25,27,31,33-34,38-42,44,46-47H,2-3,5,8,10-13,17-19H2,1H3. The number of carbonyl (C=O) groups excluding carboxylic acids is 2. The zero-order valence-corrected chi connectivity index (χ0v) is 30.0. The van der Waals surface area contributed by atoms with Crippen LogP contribution in [0.25, 0.3) is 0 Å². The summed E-state index contributed by atoms with van der Waals surface area (Å²) in [6.45, 7) is 1.42. The molecule has 3 aliphatic heterocycles. The number of dihydropyridines is 1. The van der Waals surface area contributed by atoms with E-state index in [0.717, 1.165) is 24.2 Å². The van der Waals surface area contributed by atoms with Crippen LogP contribution in [0.3, 0.4) is 0 Å². The van der Waals surface area contributed by atoms with Gasteiger partial charge in [-0.25, -0.2) is 0 Å². The van der Waals surface area contributed by atoms with Crippen LogP contribution < -0.4 is 15.4 Å². The van der Waals surface area contributed by atoms with Crippen molar-refractivity contribution in [1.29, 1.82) is 0 Å². The maximum Gasteiger partial charge on any atom is 0.229 e. The van der Waals surface area contributed by atoms with Crippen molar-refractivity contribution in [1.82, 2.24) is 10.6 Å². The van der Waals surface area contributed by atoms with E-state index in [2.05, 4.69) is 16.7 Å². The second-order valence-corrected chi connectivity index (χ2v) is 17.1. The van der Waals surface area contributed by atoms with Crippen LogP contribution in [0.15, 0.2) is 65.2 Å². The molecule has 8 unspecified atom stereocenters. The lowest BCUT2D eigenvalue weighted by Crippen LogP contribution is -2.69. The van der Waals surface area contributed by atoms with E-state index in [-0.39, 0.29) is 35.7 Å². The van der Waals surface area contributed by atoms with Gasteiger partial charge in [-0.1, -0.05) is 64.3 Å². The zero-order valence-electron chi connectivity index (χ0n) is 28.4. The Morgan fingerprint density at radius 1 is 1.06 bits per heavy atom. The van der Waals surface area contributed by atoms with Gasteiger partial charge in [0, 0.05) is 24.0 Å². The maximum atomic E-state index is 15.2. The number of Topliss-reactive ketones (excluding diaryl/α,β-unsaturated/α-hetero) is 2. The number of hydrogen-bond acceptors (Lipinski definition) is 14. The molecule has 276 valence electrons. The second kappa shape index (κ2) is 14.2. The Bertz CT molecular complexity index is 1690. The molecule has 7 rings (SSSR count). The van der Waals surface area contributed by atoms with Crippen LogP contribution in [0, 0.1) is 16.7 Å².